The van der Waals surface area contributed by atoms with Crippen LogP contribution in [0.25, 0.3) is 0 Å². The van der Waals surface area contributed by atoms with Crippen LogP contribution in [0.4, 0.5) is 5.82 Å². The van der Waals surface area contributed by atoms with Crippen molar-refractivity contribution < 1.29 is 4.79 Å². The van der Waals surface area contributed by atoms with Crippen molar-refractivity contribution in [1.29, 1.82) is 0 Å². The topological polar surface area (TPSA) is 52.6 Å². The highest BCUT2D eigenvalue weighted by molar-refractivity contribution is 5.82. The summed E-state index contributed by atoms with van der Waals surface area (Å²) in [6.07, 6.45) is 6.27. The molecule has 2 saturated heterocycles. The van der Waals surface area contributed by atoms with Crippen molar-refractivity contribution in [2.75, 3.05) is 44.7 Å². The molecule has 2 fully saturated rings. The quantitative estimate of drug-likeness (QED) is 0.699. The number of carbonyl (C=O) groups excluding carboxylic acids is 1. The van der Waals surface area contributed by atoms with Crippen molar-refractivity contribution in [3.8, 4) is 0 Å². The molecule has 0 aliphatic carbocycles. The zero-order chi connectivity index (χ0) is 21.0. The van der Waals surface area contributed by atoms with Gasteiger partial charge in [0.2, 0.25) is 0 Å². The van der Waals surface area contributed by atoms with Crippen molar-refractivity contribution >= 4 is 11.6 Å². The second-order valence-electron chi connectivity index (χ2n) is 9.20. The van der Waals surface area contributed by atoms with E-state index in [2.05, 4.69) is 46.6 Å². The Morgan fingerprint density at radius 1 is 1.14 bits per heavy atom. The van der Waals surface area contributed by atoms with Crippen molar-refractivity contribution in [2.24, 2.45) is 5.92 Å². The minimum Gasteiger partial charge on any atom is -0.348 e. The van der Waals surface area contributed by atoms with E-state index in [1.54, 1.807) is 0 Å². The number of aromatic nitrogens is 2. The number of nitrogens with zero attached hydrogens (tertiary/aromatic N) is 5. The molecule has 2 aliphatic rings. The predicted molar refractivity (Wildman–Crippen MR) is 118 cm³/mol. The maximum atomic E-state index is 12.0. The van der Waals surface area contributed by atoms with E-state index in [1.807, 2.05) is 20.0 Å². The number of rotatable bonds is 7. The summed E-state index contributed by atoms with van der Waals surface area (Å²) in [6, 6.07) is 3.10. The summed E-state index contributed by atoms with van der Waals surface area (Å²) in [5.41, 5.74) is 0. The van der Waals surface area contributed by atoms with E-state index in [9.17, 15) is 4.79 Å². The first kappa shape index (κ1) is 22.2. The molecule has 1 aromatic rings. The van der Waals surface area contributed by atoms with Gasteiger partial charge < -0.3 is 9.80 Å². The molecule has 162 valence electrons. The van der Waals surface area contributed by atoms with E-state index in [-0.39, 0.29) is 5.92 Å². The maximum Gasteiger partial charge on any atom is 0.149 e. The summed E-state index contributed by atoms with van der Waals surface area (Å²) in [4.78, 5) is 29.1. The lowest BCUT2D eigenvalue weighted by molar-refractivity contribution is -0.123. The van der Waals surface area contributed by atoms with Gasteiger partial charge in [-0.05, 0) is 51.9 Å². The molecule has 3 heterocycles. The van der Waals surface area contributed by atoms with Crippen LogP contribution in [0, 0.1) is 5.92 Å². The lowest BCUT2D eigenvalue weighted by atomic mass is 9.95. The number of hydrogen-bond acceptors (Lipinski definition) is 6. The van der Waals surface area contributed by atoms with Crippen LogP contribution in [-0.2, 0) is 4.79 Å². The molecule has 0 amide bonds. The number of likely N-dealkylation sites (N-methyl/N-ethyl adjacent to an activating group) is 1. The monoisotopic (exact) mass is 401 g/mol. The molecule has 29 heavy (non-hydrogen) atoms. The van der Waals surface area contributed by atoms with E-state index < -0.39 is 0 Å². The van der Waals surface area contributed by atoms with Crippen molar-refractivity contribution in [1.82, 2.24) is 19.8 Å². The maximum absolute atomic E-state index is 12.0. The van der Waals surface area contributed by atoms with Crippen LogP contribution in [0.3, 0.4) is 0 Å². The number of anilines is 1. The molecule has 2 atom stereocenters. The van der Waals surface area contributed by atoms with E-state index in [0.717, 1.165) is 63.5 Å². The molecule has 0 bridgehead atoms. The van der Waals surface area contributed by atoms with E-state index in [4.69, 9.17) is 4.98 Å². The Morgan fingerprint density at radius 2 is 1.76 bits per heavy atom. The fourth-order valence-electron chi connectivity index (χ4n) is 4.75. The third-order valence-corrected chi connectivity index (χ3v) is 6.67. The van der Waals surface area contributed by atoms with Gasteiger partial charge in [-0.1, -0.05) is 27.7 Å². The van der Waals surface area contributed by atoms with Gasteiger partial charge in [0.15, 0.2) is 0 Å². The highest BCUT2D eigenvalue weighted by atomic mass is 16.1. The van der Waals surface area contributed by atoms with Crippen LogP contribution in [-0.4, -0.2) is 77.4 Å². The molecule has 0 saturated carbocycles. The first-order chi connectivity index (χ1) is 13.9. The van der Waals surface area contributed by atoms with Gasteiger partial charge in [0.05, 0.1) is 6.54 Å². The summed E-state index contributed by atoms with van der Waals surface area (Å²) in [6.45, 7) is 13.2. The Morgan fingerprint density at radius 3 is 2.31 bits per heavy atom. The highest BCUT2D eigenvalue weighted by Crippen LogP contribution is 2.30. The Kier molecular flexibility index (Phi) is 7.63. The number of Topliss-reactive ketones (excluding diaryl/α,β-unsaturated/α-hetero) is 1. The van der Waals surface area contributed by atoms with Crippen LogP contribution in [0.5, 0.6) is 0 Å². The third-order valence-electron chi connectivity index (χ3n) is 6.67. The second kappa shape index (κ2) is 9.98. The van der Waals surface area contributed by atoms with Crippen LogP contribution in [0.1, 0.15) is 65.1 Å². The van der Waals surface area contributed by atoms with Crippen molar-refractivity contribution in [3.63, 3.8) is 0 Å². The number of ketones is 1. The summed E-state index contributed by atoms with van der Waals surface area (Å²) < 4.78 is 0. The fraction of sp³-hybridized carbons (Fsp3) is 0.783. The molecule has 3 rings (SSSR count). The van der Waals surface area contributed by atoms with Gasteiger partial charge in [0.25, 0.3) is 0 Å². The van der Waals surface area contributed by atoms with Crippen LogP contribution in [0.2, 0.25) is 0 Å². The zero-order valence-electron chi connectivity index (χ0n) is 19.0. The zero-order valence-corrected chi connectivity index (χ0v) is 19.0. The summed E-state index contributed by atoms with van der Waals surface area (Å²) in [5, 5.41) is 0. The number of hydrogen-bond donors (Lipinski definition) is 0. The lowest BCUT2D eigenvalue weighted by Gasteiger charge is -2.46. The molecule has 0 spiro atoms. The molecule has 2 unspecified atom stereocenters. The molecule has 0 radical (unpaired) electrons. The van der Waals surface area contributed by atoms with Gasteiger partial charge in [-0.3, -0.25) is 9.69 Å². The Balaban J connectivity index is 1.69. The average Bonchev–Trinajstić information content (AvgIpc) is 2.73. The van der Waals surface area contributed by atoms with Gasteiger partial charge >= 0.3 is 0 Å². The number of piperidine rings is 1. The average molecular weight is 402 g/mol. The Bertz CT molecular complexity index is 657. The molecule has 6 nitrogen and oxygen atoms in total. The van der Waals surface area contributed by atoms with Gasteiger partial charge in [-0.2, -0.15) is 0 Å². The molecule has 6 heteroatoms. The second-order valence-corrected chi connectivity index (χ2v) is 9.20. The first-order valence-electron chi connectivity index (χ1n) is 11.5. The van der Waals surface area contributed by atoms with Gasteiger partial charge in [0.1, 0.15) is 17.4 Å². The van der Waals surface area contributed by atoms with E-state index in [1.165, 1.54) is 0 Å². The molecule has 1 aromatic heterocycles. The summed E-state index contributed by atoms with van der Waals surface area (Å²) in [5.74, 6) is 2.94. The molecular weight excluding hydrogens is 362 g/mol. The minimum absolute atomic E-state index is 0.120. The Hall–Kier alpha value is -1.53. The van der Waals surface area contributed by atoms with Gasteiger partial charge in [-0.25, -0.2) is 9.97 Å². The van der Waals surface area contributed by atoms with Crippen molar-refractivity contribution in [2.45, 2.75) is 71.4 Å². The van der Waals surface area contributed by atoms with Crippen LogP contribution < -0.4 is 4.90 Å². The number of likely N-dealkylation sites (tertiary alicyclic amines) is 1. The molecule has 0 N–H and O–H groups in total. The van der Waals surface area contributed by atoms with Gasteiger partial charge in [-0.15, -0.1) is 0 Å². The lowest BCUT2D eigenvalue weighted by Crippen LogP contribution is -2.57. The van der Waals surface area contributed by atoms with Crippen LogP contribution >= 0.6 is 0 Å². The largest absolute Gasteiger partial charge is 0.348 e. The highest BCUT2D eigenvalue weighted by Gasteiger charge is 2.33. The normalized spacial score (nSPS) is 25.0. The molecular formula is C23H39N5O. The van der Waals surface area contributed by atoms with Crippen LogP contribution in [0.15, 0.2) is 12.3 Å². The summed E-state index contributed by atoms with van der Waals surface area (Å²) in [7, 11) is 2.23. The predicted octanol–water partition coefficient (Wildman–Crippen LogP) is 3.19. The molecule has 0 aromatic carbocycles. The first-order valence-corrected chi connectivity index (χ1v) is 11.5. The number of carbonyl (C=O) groups is 1. The van der Waals surface area contributed by atoms with Gasteiger partial charge in [0, 0.05) is 43.2 Å². The number of piperazine rings is 1. The standard InChI is InChI=1S/C23H39N5O/c1-6-19-14-26(5)15-20(7-2)28(19)22-8-11-24-23(25-22)18-9-12-27(13-10-18)16-21(29)17(3)4/h8,11,17-20H,6-7,9-10,12-16H2,1-5H3. The summed E-state index contributed by atoms with van der Waals surface area (Å²) >= 11 is 0. The third kappa shape index (κ3) is 5.34. The van der Waals surface area contributed by atoms with E-state index in [0.29, 0.717) is 30.3 Å². The van der Waals surface area contributed by atoms with Crippen molar-refractivity contribution in [3.05, 3.63) is 18.1 Å². The Labute approximate surface area is 176 Å². The molecule has 2 aliphatic heterocycles. The van der Waals surface area contributed by atoms with E-state index >= 15 is 0 Å². The SMILES string of the molecule is CCC1CN(C)CC(CC)N1c1ccnc(C2CCN(CC(=O)C(C)C)CC2)n1. The smallest absolute Gasteiger partial charge is 0.149 e. The minimum atomic E-state index is 0.120. The fourth-order valence-corrected chi connectivity index (χ4v) is 4.75.